The molecule has 170 valence electrons. The molecule has 0 atom stereocenters. The molecule has 0 amide bonds. The van der Waals surface area contributed by atoms with E-state index in [4.69, 9.17) is 9.72 Å². The molecule has 2 aromatic carbocycles. The summed E-state index contributed by atoms with van der Waals surface area (Å²) in [6, 6.07) is 19.4. The van der Waals surface area contributed by atoms with Crippen LogP contribution >= 0.6 is 0 Å². The molecule has 1 aromatic heterocycles. The normalized spacial score (nSPS) is 18.5. The number of hydrogen-bond acceptors (Lipinski definition) is 5. The Balaban J connectivity index is 1.28. The van der Waals surface area contributed by atoms with Crippen molar-refractivity contribution in [1.29, 1.82) is 0 Å². The molecule has 0 unspecified atom stereocenters. The number of aromatic nitrogens is 1. The Hall–Kier alpha value is -2.79. The molecule has 1 aliphatic carbocycles. The maximum Gasteiger partial charge on any atom is 0.128 e. The lowest BCUT2D eigenvalue weighted by atomic mass is 9.86. The minimum Gasteiger partial charge on any atom is -0.494 e. The van der Waals surface area contributed by atoms with E-state index in [9.17, 15) is 0 Å². The number of benzene rings is 2. The first-order valence-electron chi connectivity index (χ1n) is 11.9. The average molecular weight is 433 g/mol. The van der Waals surface area contributed by atoms with Gasteiger partial charge in [-0.25, -0.2) is 4.98 Å². The third-order valence-corrected chi connectivity index (χ3v) is 6.40. The van der Waals surface area contributed by atoms with Gasteiger partial charge in [0.05, 0.1) is 12.1 Å². The summed E-state index contributed by atoms with van der Waals surface area (Å²) >= 11 is 0. The molecule has 0 radical (unpaired) electrons. The van der Waals surface area contributed by atoms with Crippen molar-refractivity contribution in [1.82, 2.24) is 10.3 Å². The molecular weight excluding hydrogens is 396 g/mol. The lowest BCUT2D eigenvalue weighted by molar-refractivity contribution is 0.319. The van der Waals surface area contributed by atoms with Crippen molar-refractivity contribution < 1.29 is 4.74 Å². The minimum absolute atomic E-state index is 0.494. The first kappa shape index (κ1) is 22.4. The summed E-state index contributed by atoms with van der Waals surface area (Å²) in [5.74, 6) is 2.71. The van der Waals surface area contributed by atoms with E-state index in [2.05, 4.69) is 78.2 Å². The van der Waals surface area contributed by atoms with E-state index in [1.807, 2.05) is 13.0 Å². The summed E-state index contributed by atoms with van der Waals surface area (Å²) in [5, 5.41) is 8.57. The molecule has 3 aromatic rings. The van der Waals surface area contributed by atoms with Gasteiger partial charge in [-0.2, -0.15) is 0 Å². The van der Waals surface area contributed by atoms with Crippen molar-refractivity contribution >= 4 is 22.4 Å². The van der Waals surface area contributed by atoms with Crippen LogP contribution in [-0.2, 0) is 6.54 Å². The summed E-state index contributed by atoms with van der Waals surface area (Å²) in [7, 11) is 4.19. The second kappa shape index (κ2) is 10.7. The van der Waals surface area contributed by atoms with E-state index in [-0.39, 0.29) is 0 Å². The zero-order valence-corrected chi connectivity index (χ0v) is 19.6. The molecule has 4 rings (SSSR count). The molecule has 0 bridgehead atoms. The Morgan fingerprint density at radius 1 is 1.00 bits per heavy atom. The number of rotatable bonds is 9. The smallest absolute Gasteiger partial charge is 0.128 e. The predicted octanol–water partition coefficient (Wildman–Crippen LogP) is 5.46. The van der Waals surface area contributed by atoms with Crippen LogP contribution in [0.1, 0.15) is 38.2 Å². The molecule has 0 saturated heterocycles. The number of fused-ring (bicyclic) bond motifs is 1. The van der Waals surface area contributed by atoms with Gasteiger partial charge in [0.15, 0.2) is 0 Å². The molecule has 2 N–H and O–H groups in total. The van der Waals surface area contributed by atoms with E-state index in [1.165, 1.54) is 42.3 Å². The Morgan fingerprint density at radius 2 is 1.75 bits per heavy atom. The van der Waals surface area contributed by atoms with Crippen molar-refractivity contribution in [2.45, 2.75) is 45.2 Å². The molecular formula is C27H36N4O. The summed E-state index contributed by atoms with van der Waals surface area (Å²) < 4.78 is 5.74. The van der Waals surface area contributed by atoms with Crippen molar-refractivity contribution in [3.63, 3.8) is 0 Å². The van der Waals surface area contributed by atoms with Crippen LogP contribution < -0.4 is 20.3 Å². The minimum atomic E-state index is 0.494. The first-order chi connectivity index (χ1) is 15.6. The zero-order chi connectivity index (χ0) is 22.3. The highest BCUT2D eigenvalue weighted by Gasteiger charge is 2.21. The second-order valence-electron chi connectivity index (χ2n) is 8.97. The monoisotopic (exact) mass is 432 g/mol. The van der Waals surface area contributed by atoms with Crippen LogP contribution in [0.3, 0.4) is 0 Å². The number of ether oxygens (including phenoxy) is 1. The molecule has 1 aliphatic rings. The molecule has 1 fully saturated rings. The maximum absolute atomic E-state index is 5.74. The van der Waals surface area contributed by atoms with Gasteiger partial charge >= 0.3 is 0 Å². The fourth-order valence-electron chi connectivity index (χ4n) is 4.68. The van der Waals surface area contributed by atoms with Crippen LogP contribution in [0.15, 0.2) is 54.6 Å². The van der Waals surface area contributed by atoms with E-state index >= 15 is 0 Å². The van der Waals surface area contributed by atoms with E-state index < -0.39 is 0 Å². The highest BCUT2D eigenvalue weighted by Crippen LogP contribution is 2.30. The number of nitrogens with one attached hydrogen (secondary N) is 2. The summed E-state index contributed by atoms with van der Waals surface area (Å²) in [6.45, 7) is 4.66. The van der Waals surface area contributed by atoms with Crippen molar-refractivity contribution in [3.8, 4) is 5.75 Å². The zero-order valence-electron chi connectivity index (χ0n) is 19.6. The molecule has 1 saturated carbocycles. The fourth-order valence-corrected chi connectivity index (χ4v) is 4.68. The third-order valence-electron chi connectivity index (χ3n) is 6.40. The lowest BCUT2D eigenvalue weighted by Gasteiger charge is -2.30. The van der Waals surface area contributed by atoms with Crippen LogP contribution in [-0.4, -0.2) is 38.3 Å². The van der Waals surface area contributed by atoms with Crippen LogP contribution in [0.2, 0.25) is 0 Å². The van der Waals surface area contributed by atoms with Gasteiger partial charge in [0, 0.05) is 49.4 Å². The van der Waals surface area contributed by atoms with Crippen molar-refractivity contribution in [2.24, 2.45) is 5.92 Å². The van der Waals surface area contributed by atoms with Gasteiger partial charge in [-0.3, -0.25) is 0 Å². The Bertz CT molecular complexity index is 1010. The van der Waals surface area contributed by atoms with Gasteiger partial charge in [0.25, 0.3) is 0 Å². The fraction of sp³-hybridized carbons (Fsp3) is 0.444. The van der Waals surface area contributed by atoms with Crippen molar-refractivity contribution in [3.05, 3.63) is 60.2 Å². The average Bonchev–Trinajstić information content (AvgIpc) is 2.81. The topological polar surface area (TPSA) is 49.4 Å². The number of para-hydroxylation sites is 2. The number of pyridine rings is 1. The molecule has 32 heavy (non-hydrogen) atoms. The largest absolute Gasteiger partial charge is 0.494 e. The summed E-state index contributed by atoms with van der Waals surface area (Å²) in [6.07, 6.45) is 4.86. The van der Waals surface area contributed by atoms with Crippen LogP contribution in [0.25, 0.3) is 10.9 Å². The van der Waals surface area contributed by atoms with E-state index in [1.54, 1.807) is 0 Å². The SMILES string of the molecule is CCOc1ccccc1CNC[C@H]1CC[C@@H](Nc2cc(N(C)C)c3ccccc3n2)CC1. The molecule has 1 heterocycles. The van der Waals surface area contributed by atoms with Crippen LogP contribution in [0.5, 0.6) is 5.75 Å². The molecule has 5 nitrogen and oxygen atoms in total. The first-order valence-corrected chi connectivity index (χ1v) is 11.9. The second-order valence-corrected chi connectivity index (χ2v) is 8.97. The molecule has 0 aliphatic heterocycles. The number of anilines is 2. The van der Waals surface area contributed by atoms with Gasteiger partial charge in [0.1, 0.15) is 11.6 Å². The maximum atomic E-state index is 5.74. The Kier molecular flexibility index (Phi) is 7.48. The van der Waals surface area contributed by atoms with Gasteiger partial charge in [-0.05, 0) is 57.2 Å². The predicted molar refractivity (Wildman–Crippen MR) is 135 cm³/mol. The van der Waals surface area contributed by atoms with Gasteiger partial charge in [-0.1, -0.05) is 36.4 Å². The lowest BCUT2D eigenvalue weighted by Crippen LogP contribution is -2.31. The van der Waals surface area contributed by atoms with Gasteiger partial charge in [0.2, 0.25) is 0 Å². The van der Waals surface area contributed by atoms with Gasteiger partial charge in [-0.15, -0.1) is 0 Å². The van der Waals surface area contributed by atoms with Crippen LogP contribution in [0.4, 0.5) is 11.5 Å². The standard InChI is InChI=1S/C27H36N4O/c1-4-32-26-12-8-5-9-21(26)19-28-18-20-13-15-22(16-14-20)29-27-17-25(31(2)3)23-10-6-7-11-24(23)30-27/h5-12,17,20,22,28H,4,13-16,18-19H2,1-3H3,(H,29,30)/t20-,22+. The number of nitrogens with zero attached hydrogens (tertiary/aromatic N) is 2. The summed E-state index contributed by atoms with van der Waals surface area (Å²) in [4.78, 5) is 7.04. The number of hydrogen-bond donors (Lipinski definition) is 2. The van der Waals surface area contributed by atoms with Crippen LogP contribution in [0, 0.1) is 5.92 Å². The van der Waals surface area contributed by atoms with E-state index in [0.717, 1.165) is 36.1 Å². The third kappa shape index (κ3) is 5.52. The molecule has 5 heteroatoms. The van der Waals surface area contributed by atoms with E-state index in [0.29, 0.717) is 12.6 Å². The van der Waals surface area contributed by atoms with Crippen molar-refractivity contribution in [2.75, 3.05) is 37.5 Å². The van der Waals surface area contributed by atoms with Gasteiger partial charge < -0.3 is 20.3 Å². The summed E-state index contributed by atoms with van der Waals surface area (Å²) in [5.41, 5.74) is 3.50. The quantitative estimate of drug-likeness (QED) is 0.470. The Morgan fingerprint density at radius 3 is 2.53 bits per heavy atom. The molecule has 0 spiro atoms. The highest BCUT2D eigenvalue weighted by molar-refractivity contribution is 5.93. The Labute approximate surface area is 192 Å². The highest BCUT2D eigenvalue weighted by atomic mass is 16.5.